The van der Waals surface area contributed by atoms with Crippen molar-refractivity contribution >= 4 is 55.5 Å². The Bertz CT molecular complexity index is 1720. The minimum Gasteiger partial charge on any atom is -0.497 e. The molecule has 1 aromatic heterocycles. The van der Waals surface area contributed by atoms with Crippen LogP contribution in [0.25, 0.3) is 21.7 Å². The van der Waals surface area contributed by atoms with Gasteiger partial charge >= 0.3 is 0 Å². The summed E-state index contributed by atoms with van der Waals surface area (Å²) in [5.74, 6) is 0.971. The van der Waals surface area contributed by atoms with Gasteiger partial charge < -0.3 is 14.8 Å². The monoisotopic (exact) mass is 585 g/mol. The first-order chi connectivity index (χ1) is 18.4. The van der Waals surface area contributed by atoms with Crippen molar-refractivity contribution in [1.29, 1.82) is 0 Å². The molecule has 39 heavy (non-hydrogen) atoms. The summed E-state index contributed by atoms with van der Waals surface area (Å²) in [6.45, 7) is 4.17. The average Bonchev–Trinajstić information content (AvgIpc) is 3.29. The first-order valence-corrected chi connectivity index (χ1v) is 14.2. The molecule has 4 aromatic carbocycles. The van der Waals surface area contributed by atoms with Crippen LogP contribution < -0.4 is 14.8 Å². The number of methoxy groups -OCH3 is 1. The molecular weight excluding hydrogens is 557 g/mol. The van der Waals surface area contributed by atoms with Crippen molar-refractivity contribution in [3.05, 3.63) is 89.4 Å². The Hall–Kier alpha value is -3.30. The van der Waals surface area contributed by atoms with Crippen LogP contribution in [0.3, 0.4) is 0 Å². The van der Waals surface area contributed by atoms with E-state index in [4.69, 9.17) is 21.1 Å². The molecule has 0 spiro atoms. The zero-order chi connectivity index (χ0) is 26.7. The average molecular weight is 587 g/mol. The molecule has 1 heterocycles. The van der Waals surface area contributed by atoms with E-state index in [-0.39, 0.29) is 22.3 Å². The second kappa shape index (κ2) is 12.3. The molecule has 0 saturated carbocycles. The third-order valence-corrected chi connectivity index (χ3v) is 8.27. The number of rotatable bonds is 10. The van der Waals surface area contributed by atoms with E-state index in [1.807, 2.05) is 55.5 Å². The number of nitrogens with zero attached hydrogens (tertiary/aromatic N) is 2. The Morgan fingerprint density at radius 2 is 1.74 bits per heavy atom. The SMILES string of the molecule is CCNCCOc1cc(OC)cc2c(S(=O)(=O)c3cccc4ccccc34)nn(Cc3cccc(Cl)c3)c12.Cl. The fourth-order valence-corrected chi connectivity index (χ4v) is 6.32. The van der Waals surface area contributed by atoms with Gasteiger partial charge in [0.15, 0.2) is 5.03 Å². The van der Waals surface area contributed by atoms with Gasteiger partial charge in [0, 0.05) is 28.4 Å². The van der Waals surface area contributed by atoms with Gasteiger partial charge in [0.1, 0.15) is 23.6 Å². The van der Waals surface area contributed by atoms with Gasteiger partial charge in [0.05, 0.1) is 18.6 Å². The maximum atomic E-state index is 14.2. The van der Waals surface area contributed by atoms with Crippen LogP contribution >= 0.6 is 24.0 Å². The molecule has 0 aliphatic rings. The van der Waals surface area contributed by atoms with Crippen molar-refractivity contribution in [3.8, 4) is 11.5 Å². The number of aromatic nitrogens is 2. The van der Waals surface area contributed by atoms with Crippen LogP contribution in [0, 0.1) is 0 Å². The summed E-state index contributed by atoms with van der Waals surface area (Å²) < 4.78 is 41.8. The molecule has 0 aliphatic carbocycles. The predicted molar refractivity (Wildman–Crippen MR) is 158 cm³/mol. The summed E-state index contributed by atoms with van der Waals surface area (Å²) in [7, 11) is -2.48. The Balaban J connectivity index is 0.00000353. The Morgan fingerprint density at radius 3 is 2.51 bits per heavy atom. The Morgan fingerprint density at radius 1 is 0.974 bits per heavy atom. The van der Waals surface area contributed by atoms with E-state index in [9.17, 15) is 8.42 Å². The van der Waals surface area contributed by atoms with Gasteiger partial charge in [-0.25, -0.2) is 8.42 Å². The van der Waals surface area contributed by atoms with E-state index in [1.165, 1.54) is 0 Å². The number of fused-ring (bicyclic) bond motifs is 2. The number of likely N-dealkylation sites (N-methyl/N-ethyl adjacent to an activating group) is 1. The number of ether oxygens (including phenoxy) is 2. The molecule has 0 fully saturated rings. The number of nitrogens with one attached hydrogen (secondary N) is 1. The number of hydrogen-bond donors (Lipinski definition) is 1. The summed E-state index contributed by atoms with van der Waals surface area (Å²) in [5, 5.41) is 10.4. The quantitative estimate of drug-likeness (QED) is 0.198. The summed E-state index contributed by atoms with van der Waals surface area (Å²) in [6.07, 6.45) is 0. The number of halogens is 2. The molecule has 1 N–H and O–H groups in total. The van der Waals surface area contributed by atoms with Gasteiger partial charge in [0.25, 0.3) is 0 Å². The molecule has 0 atom stereocenters. The molecule has 5 aromatic rings. The molecule has 7 nitrogen and oxygen atoms in total. The van der Waals surface area contributed by atoms with Gasteiger partial charge in [-0.2, -0.15) is 5.10 Å². The largest absolute Gasteiger partial charge is 0.497 e. The predicted octanol–water partition coefficient (Wildman–Crippen LogP) is 6.14. The molecule has 0 radical (unpaired) electrons. The van der Waals surface area contributed by atoms with E-state index in [0.717, 1.165) is 17.5 Å². The minimum atomic E-state index is -4.02. The lowest BCUT2D eigenvalue weighted by Crippen LogP contribution is -2.20. The fourth-order valence-electron chi connectivity index (χ4n) is 4.52. The van der Waals surface area contributed by atoms with E-state index in [1.54, 1.807) is 42.1 Å². The molecule has 0 bridgehead atoms. The summed E-state index contributed by atoms with van der Waals surface area (Å²) >= 11 is 6.24. The van der Waals surface area contributed by atoms with Crippen molar-refractivity contribution in [1.82, 2.24) is 15.1 Å². The summed E-state index contributed by atoms with van der Waals surface area (Å²) in [6, 6.07) is 23.5. The highest BCUT2D eigenvalue weighted by molar-refractivity contribution is 7.91. The van der Waals surface area contributed by atoms with Crippen LogP contribution in [0.5, 0.6) is 11.5 Å². The molecule has 5 rings (SSSR count). The van der Waals surface area contributed by atoms with Gasteiger partial charge in [-0.15, -0.1) is 12.4 Å². The molecule has 10 heteroatoms. The van der Waals surface area contributed by atoms with Crippen molar-refractivity contribution in [2.75, 3.05) is 26.8 Å². The first-order valence-electron chi connectivity index (χ1n) is 12.3. The highest BCUT2D eigenvalue weighted by atomic mass is 35.5. The molecule has 0 amide bonds. The number of hydrogen-bond acceptors (Lipinski definition) is 6. The van der Waals surface area contributed by atoms with Crippen LogP contribution in [0.15, 0.2) is 88.8 Å². The third kappa shape index (κ3) is 5.84. The van der Waals surface area contributed by atoms with E-state index in [2.05, 4.69) is 10.4 Å². The lowest BCUT2D eigenvalue weighted by molar-refractivity contribution is 0.315. The Kier molecular flexibility index (Phi) is 9.02. The normalized spacial score (nSPS) is 11.5. The van der Waals surface area contributed by atoms with Crippen molar-refractivity contribution in [2.45, 2.75) is 23.4 Å². The van der Waals surface area contributed by atoms with Gasteiger partial charge in [-0.3, -0.25) is 4.68 Å². The highest BCUT2D eigenvalue weighted by Gasteiger charge is 2.29. The van der Waals surface area contributed by atoms with Crippen LogP contribution in [0.2, 0.25) is 5.02 Å². The third-order valence-electron chi connectivity index (χ3n) is 6.29. The fraction of sp³-hybridized carbons (Fsp3) is 0.207. The van der Waals surface area contributed by atoms with Crippen molar-refractivity contribution < 1.29 is 17.9 Å². The molecule has 0 saturated heterocycles. The molecule has 204 valence electrons. The first kappa shape index (κ1) is 28.7. The lowest BCUT2D eigenvalue weighted by atomic mass is 10.1. The number of sulfone groups is 1. The second-order valence-corrected chi connectivity index (χ2v) is 11.1. The molecule has 0 aliphatic heterocycles. The summed E-state index contributed by atoms with van der Waals surface area (Å²) in [5.41, 5.74) is 1.45. The van der Waals surface area contributed by atoms with Crippen LogP contribution in [0.4, 0.5) is 0 Å². The minimum absolute atomic E-state index is 0. The van der Waals surface area contributed by atoms with Crippen LogP contribution in [-0.2, 0) is 16.4 Å². The van der Waals surface area contributed by atoms with Crippen molar-refractivity contribution in [3.63, 3.8) is 0 Å². The zero-order valence-electron chi connectivity index (χ0n) is 21.6. The van der Waals surface area contributed by atoms with Crippen LogP contribution in [0.1, 0.15) is 12.5 Å². The maximum absolute atomic E-state index is 14.2. The molecular formula is C29H29Cl2N3O4S. The topological polar surface area (TPSA) is 82.4 Å². The van der Waals surface area contributed by atoms with Gasteiger partial charge in [0.2, 0.25) is 9.84 Å². The zero-order valence-corrected chi connectivity index (χ0v) is 23.9. The lowest BCUT2D eigenvalue weighted by Gasteiger charge is -2.12. The highest BCUT2D eigenvalue weighted by Crippen LogP contribution is 2.38. The molecule has 0 unspecified atom stereocenters. The van der Waals surface area contributed by atoms with E-state index < -0.39 is 9.84 Å². The van der Waals surface area contributed by atoms with Gasteiger partial charge in [-0.05, 0) is 41.8 Å². The van der Waals surface area contributed by atoms with E-state index >= 15 is 0 Å². The van der Waals surface area contributed by atoms with Crippen LogP contribution in [-0.4, -0.2) is 45.0 Å². The maximum Gasteiger partial charge on any atom is 0.226 e. The number of benzene rings is 4. The summed E-state index contributed by atoms with van der Waals surface area (Å²) in [4.78, 5) is 0.197. The standard InChI is InChI=1S/C29H28ClN3O4S.ClH/c1-3-31-14-15-37-26-18-23(36-2)17-25-28(26)33(19-20-8-6-11-22(30)16-20)32-29(25)38(34,35)27-13-7-10-21-9-4-5-12-24(21)27;/h4-13,16-18,31H,3,14-15,19H2,1-2H3;1H. The second-order valence-electron chi connectivity index (χ2n) is 8.80. The van der Waals surface area contributed by atoms with Crippen molar-refractivity contribution in [2.24, 2.45) is 0 Å². The smallest absolute Gasteiger partial charge is 0.226 e. The Labute approximate surface area is 239 Å². The van der Waals surface area contributed by atoms with Gasteiger partial charge in [-0.1, -0.05) is 67.1 Å². The van der Waals surface area contributed by atoms with E-state index in [0.29, 0.717) is 52.5 Å².